The Morgan fingerprint density at radius 1 is 0.625 bits per heavy atom. The Bertz CT molecular complexity index is 1770. The second-order valence-corrected chi connectivity index (χ2v) is 11.9. The van der Waals surface area contributed by atoms with Crippen molar-refractivity contribution in [2.24, 2.45) is 0 Å². The Hall–Kier alpha value is -4.32. The van der Waals surface area contributed by atoms with E-state index in [0.717, 1.165) is 51.7 Å². The monoisotopic (exact) mass is 553 g/mol. The van der Waals surface area contributed by atoms with Crippen LogP contribution in [0.5, 0.6) is 0 Å². The van der Waals surface area contributed by atoms with E-state index in [1.165, 1.54) is 26.2 Å². The molecule has 0 saturated carbocycles. The molecule has 0 N–H and O–H groups in total. The molecule has 0 atom stereocenters. The van der Waals surface area contributed by atoms with E-state index in [1.54, 1.807) is 22.7 Å². The molecule has 0 spiro atoms. The lowest BCUT2D eigenvalue weighted by molar-refractivity contribution is 1.01. The topological polar surface area (TPSA) is 29.0 Å². The van der Waals surface area contributed by atoms with Gasteiger partial charge in [0.05, 0.1) is 31.1 Å². The van der Waals surface area contributed by atoms with E-state index in [0.29, 0.717) is 0 Å². The molecule has 4 aromatic carbocycles. The van der Waals surface area contributed by atoms with Crippen molar-refractivity contribution in [3.8, 4) is 0 Å². The van der Waals surface area contributed by atoms with Gasteiger partial charge in [0.15, 0.2) is 0 Å². The summed E-state index contributed by atoms with van der Waals surface area (Å²) in [6.07, 6.45) is 9.67. The number of allylic oxidation sites excluding steroid dienone is 4. The van der Waals surface area contributed by atoms with Crippen LogP contribution in [0.4, 0.5) is 11.4 Å². The number of benzene rings is 4. The molecule has 0 saturated heterocycles. The van der Waals surface area contributed by atoms with Gasteiger partial charge < -0.3 is 4.90 Å². The fraction of sp³-hybridized carbons (Fsp3) is 0.0857. The molecule has 7 rings (SSSR count). The third-order valence-electron chi connectivity index (χ3n) is 7.12. The highest BCUT2D eigenvalue weighted by Crippen LogP contribution is 2.42. The summed E-state index contributed by atoms with van der Waals surface area (Å²) in [4.78, 5) is 12.2. The van der Waals surface area contributed by atoms with Crippen LogP contribution >= 0.6 is 22.7 Å². The molecule has 40 heavy (non-hydrogen) atoms. The first-order valence-corrected chi connectivity index (χ1v) is 15.2. The van der Waals surface area contributed by atoms with Crippen LogP contribution in [0.15, 0.2) is 138 Å². The number of hydrogen-bond acceptors (Lipinski definition) is 5. The number of rotatable bonds is 7. The summed E-state index contributed by atoms with van der Waals surface area (Å²) in [5, 5.41) is 2.18. The van der Waals surface area contributed by atoms with Crippen LogP contribution in [0.1, 0.15) is 22.9 Å². The minimum absolute atomic E-state index is 0.824. The molecule has 0 radical (unpaired) electrons. The summed E-state index contributed by atoms with van der Waals surface area (Å²) < 4.78 is 2.46. The molecule has 0 aliphatic heterocycles. The maximum absolute atomic E-state index is 4.90. The number of fused-ring (bicyclic) bond motifs is 2. The summed E-state index contributed by atoms with van der Waals surface area (Å²) in [6, 6.07) is 38.1. The smallest absolute Gasteiger partial charge is 0.117 e. The molecule has 0 unspecified atom stereocenters. The zero-order chi connectivity index (χ0) is 26.7. The van der Waals surface area contributed by atoms with Gasteiger partial charge in [0.1, 0.15) is 5.01 Å². The van der Waals surface area contributed by atoms with Gasteiger partial charge in [-0.3, -0.25) is 0 Å². The first-order valence-electron chi connectivity index (χ1n) is 13.5. The zero-order valence-electron chi connectivity index (χ0n) is 21.9. The van der Waals surface area contributed by atoms with Crippen molar-refractivity contribution in [3.63, 3.8) is 0 Å². The fourth-order valence-corrected chi connectivity index (χ4v) is 7.07. The van der Waals surface area contributed by atoms with Crippen LogP contribution < -0.4 is 4.90 Å². The molecule has 3 nitrogen and oxygen atoms in total. The standard InChI is InChI=1S/C35H27N3S2/c1-3-11-27(12-4-1)38(28-13-5-2-6-14-28)35-25(21-23-33-36-29-15-7-9-17-31(29)39-33)19-20-26(35)22-24-34-37-30-16-8-10-18-32(30)40-34/h1-18,21-23H,19-20,24H2. The predicted octanol–water partition coefficient (Wildman–Crippen LogP) is 9.97. The van der Waals surface area contributed by atoms with Crippen LogP contribution in [0.25, 0.3) is 26.5 Å². The van der Waals surface area contributed by atoms with Gasteiger partial charge in [-0.25, -0.2) is 9.97 Å². The normalized spacial score (nSPS) is 14.8. The van der Waals surface area contributed by atoms with Crippen LogP contribution in [-0.2, 0) is 6.42 Å². The Labute approximate surface area is 242 Å². The molecule has 5 heteroatoms. The number of thiazole rings is 2. The summed E-state index contributed by atoms with van der Waals surface area (Å²) in [7, 11) is 0. The van der Waals surface area contributed by atoms with Crippen LogP contribution in [0, 0.1) is 0 Å². The van der Waals surface area contributed by atoms with Crippen molar-refractivity contribution in [1.82, 2.24) is 9.97 Å². The molecule has 6 aromatic rings. The maximum atomic E-state index is 4.90. The second-order valence-electron chi connectivity index (χ2n) is 9.74. The van der Waals surface area contributed by atoms with Crippen molar-refractivity contribution in [2.45, 2.75) is 19.3 Å². The summed E-state index contributed by atoms with van der Waals surface area (Å²) >= 11 is 3.52. The number of nitrogens with zero attached hydrogens (tertiary/aromatic N) is 3. The first kappa shape index (κ1) is 24.7. The Morgan fingerprint density at radius 3 is 1.88 bits per heavy atom. The van der Waals surface area contributed by atoms with Gasteiger partial charge in [-0.2, -0.15) is 0 Å². The number of anilines is 2. The summed E-state index contributed by atoms with van der Waals surface area (Å²) in [5.74, 6) is 0. The lowest BCUT2D eigenvalue weighted by Gasteiger charge is -2.28. The highest BCUT2D eigenvalue weighted by atomic mass is 32.1. The van der Waals surface area contributed by atoms with Crippen LogP contribution in [-0.4, -0.2) is 9.97 Å². The SMILES string of the molecule is C(=Cc1nc2ccccc2s1)C1=C(N(c2ccccc2)c2ccccc2)C(=CCc2nc3ccccc3s2)CC1. The van der Waals surface area contributed by atoms with E-state index >= 15 is 0 Å². The molecule has 2 heterocycles. The number of aromatic nitrogens is 2. The quantitative estimate of drug-likeness (QED) is 0.197. The van der Waals surface area contributed by atoms with Crippen molar-refractivity contribution >= 4 is 60.6 Å². The number of para-hydroxylation sites is 4. The van der Waals surface area contributed by atoms with Crippen LogP contribution in [0.2, 0.25) is 0 Å². The van der Waals surface area contributed by atoms with E-state index < -0.39 is 0 Å². The molecular weight excluding hydrogens is 527 g/mol. The number of hydrogen-bond donors (Lipinski definition) is 0. The van der Waals surface area contributed by atoms with E-state index in [9.17, 15) is 0 Å². The molecule has 0 fully saturated rings. The van der Waals surface area contributed by atoms with Gasteiger partial charge in [0.25, 0.3) is 0 Å². The molecular formula is C35H27N3S2. The average Bonchev–Trinajstić information content (AvgIpc) is 3.72. The Morgan fingerprint density at radius 2 is 1.23 bits per heavy atom. The second kappa shape index (κ2) is 11.0. The molecule has 2 aromatic heterocycles. The Balaban J connectivity index is 1.33. The van der Waals surface area contributed by atoms with Crippen LogP contribution in [0.3, 0.4) is 0 Å². The third kappa shape index (κ3) is 5.02. The van der Waals surface area contributed by atoms with Crippen molar-refractivity contribution in [1.29, 1.82) is 0 Å². The van der Waals surface area contributed by atoms with Crippen molar-refractivity contribution < 1.29 is 0 Å². The molecule has 0 bridgehead atoms. The molecule has 1 aliphatic rings. The fourth-order valence-electron chi connectivity index (χ4n) is 5.27. The van der Waals surface area contributed by atoms with Gasteiger partial charge in [-0.05, 0) is 78.6 Å². The van der Waals surface area contributed by atoms with Crippen molar-refractivity contribution in [3.05, 3.63) is 148 Å². The predicted molar refractivity (Wildman–Crippen MR) is 171 cm³/mol. The van der Waals surface area contributed by atoms with E-state index in [1.807, 2.05) is 6.07 Å². The van der Waals surface area contributed by atoms with Gasteiger partial charge >= 0.3 is 0 Å². The van der Waals surface area contributed by atoms with E-state index in [-0.39, 0.29) is 0 Å². The maximum Gasteiger partial charge on any atom is 0.117 e. The highest BCUT2D eigenvalue weighted by molar-refractivity contribution is 7.19. The molecule has 194 valence electrons. The van der Waals surface area contributed by atoms with Gasteiger partial charge in [0.2, 0.25) is 0 Å². The molecule has 1 aliphatic carbocycles. The minimum atomic E-state index is 0.824. The lowest BCUT2D eigenvalue weighted by atomic mass is 10.1. The largest absolute Gasteiger partial charge is 0.310 e. The van der Waals surface area contributed by atoms with Gasteiger partial charge in [0, 0.05) is 17.8 Å². The van der Waals surface area contributed by atoms with Gasteiger partial charge in [-0.1, -0.05) is 72.8 Å². The zero-order valence-corrected chi connectivity index (χ0v) is 23.5. The first-order chi connectivity index (χ1) is 19.8. The van der Waals surface area contributed by atoms with E-state index in [4.69, 9.17) is 9.97 Å². The highest BCUT2D eigenvalue weighted by Gasteiger charge is 2.26. The lowest BCUT2D eigenvalue weighted by Crippen LogP contribution is -2.17. The average molecular weight is 554 g/mol. The third-order valence-corrected chi connectivity index (χ3v) is 9.18. The van der Waals surface area contributed by atoms with Gasteiger partial charge in [-0.15, -0.1) is 22.7 Å². The molecule has 0 amide bonds. The summed E-state index contributed by atoms with van der Waals surface area (Å²) in [5.41, 5.74) is 8.39. The Kier molecular flexibility index (Phi) is 6.82. The summed E-state index contributed by atoms with van der Waals surface area (Å²) in [6.45, 7) is 0. The van der Waals surface area contributed by atoms with E-state index in [2.05, 4.69) is 126 Å². The van der Waals surface area contributed by atoms with Crippen molar-refractivity contribution in [2.75, 3.05) is 4.90 Å². The minimum Gasteiger partial charge on any atom is -0.310 e.